The number of hydrogen-bond donors (Lipinski definition) is 0. The van der Waals surface area contributed by atoms with Gasteiger partial charge in [-0.25, -0.2) is 0 Å². The zero-order chi connectivity index (χ0) is 16.9. The van der Waals surface area contributed by atoms with Crippen molar-refractivity contribution in [3.8, 4) is 0 Å². The van der Waals surface area contributed by atoms with Crippen LogP contribution in [0.15, 0.2) is 65.6 Å². The molecule has 0 fully saturated rings. The standard InChI is InChI=1S/C18H20O3SSe/c1-14(2)18(19)17(23-16-11-7-4-8-12-16)13-22(20,21)15-9-5-3-6-10-15/h3-12,14,17H,13H2,1-2H3. The summed E-state index contributed by atoms with van der Waals surface area (Å²) in [4.78, 5) is 12.3. The first kappa shape index (κ1) is 17.9. The molecule has 0 saturated heterocycles. The van der Waals surface area contributed by atoms with Crippen LogP contribution in [0.2, 0.25) is 4.82 Å². The van der Waals surface area contributed by atoms with E-state index < -0.39 is 14.7 Å². The number of carbonyl (C=O) groups is 1. The Hall–Kier alpha value is -1.42. The summed E-state index contributed by atoms with van der Waals surface area (Å²) in [6.45, 7) is 3.65. The van der Waals surface area contributed by atoms with Gasteiger partial charge < -0.3 is 0 Å². The molecule has 0 amide bonds. The predicted molar refractivity (Wildman–Crippen MR) is 93.9 cm³/mol. The number of hydrogen-bond acceptors (Lipinski definition) is 3. The van der Waals surface area contributed by atoms with Crippen LogP contribution < -0.4 is 4.46 Å². The topological polar surface area (TPSA) is 51.2 Å². The average molecular weight is 395 g/mol. The molecule has 0 radical (unpaired) electrons. The Morgan fingerprint density at radius 1 is 0.957 bits per heavy atom. The first-order chi connectivity index (χ1) is 10.9. The predicted octanol–water partition coefficient (Wildman–Crippen LogP) is 2.50. The van der Waals surface area contributed by atoms with Crippen LogP contribution in [-0.2, 0) is 14.6 Å². The van der Waals surface area contributed by atoms with Crippen molar-refractivity contribution in [1.29, 1.82) is 0 Å². The molecule has 3 nitrogen and oxygen atoms in total. The maximum atomic E-state index is 12.6. The third-order valence-corrected chi connectivity index (χ3v) is 8.20. The molecule has 0 spiro atoms. The number of rotatable bonds is 7. The van der Waals surface area contributed by atoms with Crippen molar-refractivity contribution in [2.24, 2.45) is 5.92 Å². The van der Waals surface area contributed by atoms with Gasteiger partial charge in [-0.1, -0.05) is 0 Å². The van der Waals surface area contributed by atoms with Crippen LogP contribution in [0.5, 0.6) is 0 Å². The fraction of sp³-hybridized carbons (Fsp3) is 0.278. The minimum atomic E-state index is -3.46. The van der Waals surface area contributed by atoms with E-state index in [9.17, 15) is 13.2 Å². The van der Waals surface area contributed by atoms with Crippen LogP contribution in [0, 0.1) is 5.92 Å². The number of ketones is 1. The Morgan fingerprint density at radius 2 is 1.48 bits per heavy atom. The second-order valence-electron chi connectivity index (χ2n) is 5.57. The Kier molecular flexibility index (Phi) is 6.17. The molecule has 2 rings (SSSR count). The van der Waals surface area contributed by atoms with Gasteiger partial charge in [-0.05, 0) is 0 Å². The van der Waals surface area contributed by atoms with E-state index in [4.69, 9.17) is 0 Å². The van der Waals surface area contributed by atoms with Crippen molar-refractivity contribution >= 4 is 35.0 Å². The van der Waals surface area contributed by atoms with Gasteiger partial charge in [0.15, 0.2) is 0 Å². The number of carbonyl (C=O) groups excluding carboxylic acids is 1. The summed E-state index contributed by atoms with van der Waals surface area (Å²) in [5.74, 6) is -0.270. The molecule has 0 aromatic heterocycles. The van der Waals surface area contributed by atoms with Crippen molar-refractivity contribution in [3.05, 3.63) is 60.7 Å². The fourth-order valence-electron chi connectivity index (χ4n) is 2.13. The SMILES string of the molecule is CC(C)C(=O)C(CS(=O)(=O)c1ccccc1)[Se]c1ccccc1. The van der Waals surface area contributed by atoms with Crippen molar-refractivity contribution in [2.75, 3.05) is 5.75 Å². The van der Waals surface area contributed by atoms with Gasteiger partial charge in [0.25, 0.3) is 0 Å². The zero-order valence-electron chi connectivity index (χ0n) is 13.2. The Bertz CT molecular complexity index is 740. The summed E-state index contributed by atoms with van der Waals surface area (Å²) in [5, 5.41) is 0. The van der Waals surface area contributed by atoms with Crippen molar-refractivity contribution < 1.29 is 13.2 Å². The van der Waals surface area contributed by atoms with E-state index in [0.29, 0.717) is 0 Å². The molecule has 0 heterocycles. The summed E-state index contributed by atoms with van der Waals surface area (Å²) in [7, 11) is -3.46. The van der Waals surface area contributed by atoms with Gasteiger partial charge in [-0.3, -0.25) is 0 Å². The van der Waals surface area contributed by atoms with Gasteiger partial charge in [0, 0.05) is 0 Å². The van der Waals surface area contributed by atoms with Crippen molar-refractivity contribution in [3.63, 3.8) is 0 Å². The van der Waals surface area contributed by atoms with Crippen LogP contribution >= 0.6 is 0 Å². The molecular formula is C18H20O3SSe. The van der Waals surface area contributed by atoms with Crippen LogP contribution in [0.4, 0.5) is 0 Å². The molecular weight excluding hydrogens is 375 g/mol. The van der Waals surface area contributed by atoms with Crippen LogP contribution in [0.25, 0.3) is 0 Å². The van der Waals surface area contributed by atoms with Crippen LogP contribution in [-0.4, -0.2) is 34.9 Å². The van der Waals surface area contributed by atoms with E-state index in [0.717, 1.165) is 4.46 Å². The van der Waals surface area contributed by atoms with Crippen LogP contribution in [0.3, 0.4) is 0 Å². The Morgan fingerprint density at radius 3 is 2.00 bits per heavy atom. The molecule has 23 heavy (non-hydrogen) atoms. The van der Waals surface area contributed by atoms with Gasteiger partial charge in [0.1, 0.15) is 0 Å². The monoisotopic (exact) mass is 396 g/mol. The summed E-state index contributed by atoms with van der Waals surface area (Å²) in [6, 6.07) is 18.0. The maximum absolute atomic E-state index is 12.6. The van der Waals surface area contributed by atoms with E-state index in [1.54, 1.807) is 30.3 Å². The van der Waals surface area contributed by atoms with E-state index in [2.05, 4.69) is 0 Å². The zero-order valence-corrected chi connectivity index (χ0v) is 15.7. The molecule has 5 heteroatoms. The molecule has 1 atom stereocenters. The molecule has 1 unspecified atom stereocenters. The Balaban J connectivity index is 2.26. The number of benzene rings is 2. The van der Waals surface area contributed by atoms with Gasteiger partial charge in [0.05, 0.1) is 0 Å². The number of sulfone groups is 1. The molecule has 0 N–H and O–H groups in total. The fourth-order valence-corrected chi connectivity index (χ4v) is 7.25. The quantitative estimate of drug-likeness (QED) is 0.677. The first-order valence-corrected chi connectivity index (χ1v) is 10.9. The molecule has 122 valence electrons. The second kappa shape index (κ2) is 7.91. The summed E-state index contributed by atoms with van der Waals surface area (Å²) >= 11 is -0.204. The number of Topliss-reactive ketones (excluding diaryl/α,β-unsaturated/α-hetero) is 1. The average Bonchev–Trinajstić information content (AvgIpc) is 2.55. The molecule has 2 aromatic rings. The molecule has 0 aliphatic rings. The Labute approximate surface area is 144 Å². The van der Waals surface area contributed by atoms with E-state index >= 15 is 0 Å². The normalized spacial score (nSPS) is 13.0. The first-order valence-electron chi connectivity index (χ1n) is 7.43. The van der Waals surface area contributed by atoms with E-state index in [1.165, 1.54) is 0 Å². The second-order valence-corrected chi connectivity index (χ2v) is 10.3. The third kappa shape index (κ3) is 5.03. The molecule has 0 aliphatic heterocycles. The molecule has 0 aliphatic carbocycles. The van der Waals surface area contributed by atoms with Crippen LogP contribution in [0.1, 0.15) is 13.8 Å². The van der Waals surface area contributed by atoms with Gasteiger partial charge in [-0.15, -0.1) is 0 Å². The van der Waals surface area contributed by atoms with E-state index in [-0.39, 0.29) is 37.3 Å². The van der Waals surface area contributed by atoms with Crippen molar-refractivity contribution in [2.45, 2.75) is 23.6 Å². The van der Waals surface area contributed by atoms with Gasteiger partial charge in [-0.2, -0.15) is 0 Å². The minimum absolute atomic E-state index is 0.0216. The van der Waals surface area contributed by atoms with E-state index in [1.807, 2.05) is 44.2 Å². The summed E-state index contributed by atoms with van der Waals surface area (Å²) < 4.78 is 26.3. The molecule has 2 aromatic carbocycles. The summed E-state index contributed by atoms with van der Waals surface area (Å²) in [5.41, 5.74) is 0. The molecule has 0 saturated carbocycles. The molecule has 0 bridgehead atoms. The van der Waals surface area contributed by atoms with Crippen molar-refractivity contribution in [1.82, 2.24) is 0 Å². The third-order valence-electron chi connectivity index (χ3n) is 3.38. The summed E-state index contributed by atoms with van der Waals surface area (Å²) in [6.07, 6.45) is 0. The van der Waals surface area contributed by atoms with Gasteiger partial charge in [0.2, 0.25) is 0 Å². The van der Waals surface area contributed by atoms with Gasteiger partial charge >= 0.3 is 144 Å².